The summed E-state index contributed by atoms with van der Waals surface area (Å²) in [6.07, 6.45) is 2.58. The molecule has 1 amide bonds. The van der Waals surface area contributed by atoms with E-state index in [0.29, 0.717) is 23.1 Å². The van der Waals surface area contributed by atoms with Crippen molar-refractivity contribution in [2.45, 2.75) is 13.3 Å². The number of aromatic nitrogens is 3. The van der Waals surface area contributed by atoms with Gasteiger partial charge in [-0.25, -0.2) is 4.98 Å². The van der Waals surface area contributed by atoms with E-state index in [0.717, 1.165) is 61.6 Å². The van der Waals surface area contributed by atoms with E-state index in [1.54, 1.807) is 25.4 Å². The topological polar surface area (TPSA) is 104 Å². The lowest BCUT2D eigenvalue weighted by Crippen LogP contribution is -2.37. The molecule has 0 radical (unpaired) electrons. The third-order valence-electron chi connectivity index (χ3n) is 6.31. The lowest BCUT2D eigenvalue weighted by molar-refractivity contribution is 0.0384. The fourth-order valence-corrected chi connectivity index (χ4v) is 4.22. The van der Waals surface area contributed by atoms with E-state index >= 15 is 0 Å². The number of imidazole rings is 1. The number of hydrogen-bond donors (Lipinski definition) is 3. The van der Waals surface area contributed by atoms with E-state index in [1.807, 2.05) is 19.1 Å². The molecule has 0 saturated carbocycles. The van der Waals surface area contributed by atoms with Crippen molar-refractivity contribution in [2.75, 3.05) is 45.2 Å². The second kappa shape index (κ2) is 10.8. The summed E-state index contributed by atoms with van der Waals surface area (Å²) in [5.74, 6) is 1.60. The van der Waals surface area contributed by atoms with E-state index < -0.39 is 0 Å². The van der Waals surface area contributed by atoms with Gasteiger partial charge in [-0.15, -0.1) is 0 Å². The maximum atomic E-state index is 11.9. The fraction of sp³-hybridized carbons (Fsp3) is 0.296. The van der Waals surface area contributed by atoms with Crippen LogP contribution in [0.25, 0.3) is 11.0 Å². The average molecular weight is 487 g/mol. The number of carbonyl (C=O) groups is 1. The number of morpholine rings is 1. The highest BCUT2D eigenvalue weighted by Gasteiger charge is 2.13. The van der Waals surface area contributed by atoms with Crippen molar-refractivity contribution >= 4 is 28.6 Å². The standard InChI is InChI=1S/C27H30N6O3/c1-18-24(36-21-9-11-29-23(17-21)26(34)28-2)8-7-22-25(18)32-27(31-22)30-20-5-3-19(4-6-20)10-12-33-13-15-35-16-14-33/h3-9,11,17H,10,12-16H2,1-2H3,(H,28,34)(H2,30,31,32). The second-order valence-electron chi connectivity index (χ2n) is 8.75. The number of H-pyrrole nitrogens is 1. The summed E-state index contributed by atoms with van der Waals surface area (Å²) in [5.41, 5.74) is 5.20. The predicted octanol–water partition coefficient (Wildman–Crippen LogP) is 4.04. The lowest BCUT2D eigenvalue weighted by Gasteiger charge is -2.26. The zero-order valence-electron chi connectivity index (χ0n) is 20.5. The minimum atomic E-state index is -0.263. The summed E-state index contributed by atoms with van der Waals surface area (Å²) in [4.78, 5) is 26.5. The molecule has 0 aliphatic carbocycles. The van der Waals surface area contributed by atoms with Crippen LogP contribution in [0.3, 0.4) is 0 Å². The van der Waals surface area contributed by atoms with Gasteiger partial charge in [-0.3, -0.25) is 14.7 Å². The Kier molecular flexibility index (Phi) is 7.11. The molecular formula is C27H30N6O3. The van der Waals surface area contributed by atoms with Gasteiger partial charge in [0.1, 0.15) is 17.2 Å². The molecule has 1 saturated heterocycles. The number of aromatic amines is 1. The van der Waals surface area contributed by atoms with Gasteiger partial charge >= 0.3 is 0 Å². The average Bonchev–Trinajstić information content (AvgIpc) is 3.33. The van der Waals surface area contributed by atoms with Crippen LogP contribution in [-0.2, 0) is 11.2 Å². The van der Waals surface area contributed by atoms with E-state index in [2.05, 4.69) is 49.8 Å². The summed E-state index contributed by atoms with van der Waals surface area (Å²) >= 11 is 0. The van der Waals surface area contributed by atoms with Gasteiger partial charge < -0.3 is 25.1 Å². The highest BCUT2D eigenvalue weighted by Crippen LogP contribution is 2.31. The highest BCUT2D eigenvalue weighted by molar-refractivity contribution is 5.92. The number of pyridine rings is 1. The quantitative estimate of drug-likeness (QED) is 0.345. The molecule has 4 aromatic rings. The van der Waals surface area contributed by atoms with Gasteiger partial charge in [0.15, 0.2) is 0 Å². The summed E-state index contributed by atoms with van der Waals surface area (Å²) in [7, 11) is 1.57. The maximum Gasteiger partial charge on any atom is 0.269 e. The Balaban J connectivity index is 1.26. The summed E-state index contributed by atoms with van der Waals surface area (Å²) in [5, 5.41) is 5.93. The van der Waals surface area contributed by atoms with Crippen molar-refractivity contribution in [3.05, 3.63) is 71.5 Å². The molecule has 0 bridgehead atoms. The van der Waals surface area contributed by atoms with Crippen LogP contribution in [0.1, 0.15) is 21.6 Å². The zero-order chi connectivity index (χ0) is 24.9. The number of ether oxygens (including phenoxy) is 2. The van der Waals surface area contributed by atoms with Crippen LogP contribution in [0, 0.1) is 6.92 Å². The van der Waals surface area contributed by atoms with Crippen molar-refractivity contribution in [2.24, 2.45) is 0 Å². The molecule has 2 aromatic carbocycles. The Morgan fingerprint density at radius 1 is 1.14 bits per heavy atom. The largest absolute Gasteiger partial charge is 0.457 e. The number of hydrogen-bond acceptors (Lipinski definition) is 7. The Labute approximate surface area is 209 Å². The van der Waals surface area contributed by atoms with Gasteiger partial charge in [-0.05, 0) is 49.2 Å². The van der Waals surface area contributed by atoms with Gasteiger partial charge in [-0.1, -0.05) is 12.1 Å². The number of carbonyl (C=O) groups excluding carboxylic acids is 1. The zero-order valence-corrected chi connectivity index (χ0v) is 20.5. The first-order valence-electron chi connectivity index (χ1n) is 12.1. The summed E-state index contributed by atoms with van der Waals surface area (Å²) < 4.78 is 11.5. The molecule has 1 aliphatic rings. The van der Waals surface area contributed by atoms with Crippen molar-refractivity contribution in [1.82, 2.24) is 25.2 Å². The molecule has 3 N–H and O–H groups in total. The smallest absolute Gasteiger partial charge is 0.269 e. The minimum Gasteiger partial charge on any atom is -0.457 e. The van der Waals surface area contributed by atoms with E-state index in [1.165, 1.54) is 5.56 Å². The highest BCUT2D eigenvalue weighted by atomic mass is 16.5. The fourth-order valence-electron chi connectivity index (χ4n) is 4.22. The molecule has 5 rings (SSSR count). The molecule has 9 nitrogen and oxygen atoms in total. The Morgan fingerprint density at radius 2 is 1.94 bits per heavy atom. The van der Waals surface area contributed by atoms with Crippen LogP contribution >= 0.6 is 0 Å². The molecular weight excluding hydrogens is 456 g/mol. The van der Waals surface area contributed by atoms with E-state index in [-0.39, 0.29) is 5.91 Å². The Bertz CT molecular complexity index is 1350. The first-order chi connectivity index (χ1) is 17.6. The number of nitrogens with one attached hydrogen (secondary N) is 3. The van der Waals surface area contributed by atoms with Crippen molar-refractivity contribution in [3.8, 4) is 11.5 Å². The van der Waals surface area contributed by atoms with Gasteiger partial charge in [0.05, 0.1) is 24.2 Å². The monoisotopic (exact) mass is 486 g/mol. The van der Waals surface area contributed by atoms with Crippen molar-refractivity contribution < 1.29 is 14.3 Å². The molecule has 36 heavy (non-hydrogen) atoms. The normalized spacial score (nSPS) is 14.1. The van der Waals surface area contributed by atoms with Crippen LogP contribution < -0.4 is 15.4 Å². The first kappa shape index (κ1) is 23.8. The van der Waals surface area contributed by atoms with Crippen LogP contribution in [0.4, 0.5) is 11.6 Å². The number of rotatable bonds is 8. The third-order valence-corrected chi connectivity index (χ3v) is 6.31. The Hall–Kier alpha value is -3.95. The molecule has 186 valence electrons. The van der Waals surface area contributed by atoms with Gasteiger partial charge in [0, 0.05) is 50.2 Å². The minimum absolute atomic E-state index is 0.263. The summed E-state index contributed by atoms with van der Waals surface area (Å²) in [6.45, 7) is 6.70. The van der Waals surface area contributed by atoms with Gasteiger partial charge in [0.25, 0.3) is 5.91 Å². The van der Waals surface area contributed by atoms with Gasteiger partial charge in [0.2, 0.25) is 5.95 Å². The van der Waals surface area contributed by atoms with Crippen molar-refractivity contribution in [1.29, 1.82) is 0 Å². The lowest BCUT2D eigenvalue weighted by atomic mass is 10.1. The molecule has 9 heteroatoms. The molecule has 3 heterocycles. The first-order valence-corrected chi connectivity index (χ1v) is 12.1. The number of fused-ring (bicyclic) bond motifs is 1. The third kappa shape index (κ3) is 5.48. The van der Waals surface area contributed by atoms with E-state index in [4.69, 9.17) is 14.5 Å². The van der Waals surface area contributed by atoms with E-state index in [9.17, 15) is 4.79 Å². The number of aryl methyl sites for hydroxylation is 1. The maximum absolute atomic E-state index is 11.9. The SMILES string of the molecule is CNC(=O)c1cc(Oc2ccc3[nH]c(Nc4ccc(CCN5CCOCC5)cc4)nc3c2C)ccn1. The Morgan fingerprint density at radius 3 is 2.72 bits per heavy atom. The predicted molar refractivity (Wildman–Crippen MR) is 139 cm³/mol. The molecule has 2 aromatic heterocycles. The molecule has 0 atom stereocenters. The van der Waals surface area contributed by atoms with Crippen LogP contribution in [-0.4, -0.2) is 65.7 Å². The number of nitrogens with zero attached hydrogens (tertiary/aromatic N) is 3. The number of amides is 1. The second-order valence-corrected chi connectivity index (χ2v) is 8.75. The van der Waals surface area contributed by atoms with Crippen LogP contribution in [0.15, 0.2) is 54.7 Å². The van der Waals surface area contributed by atoms with Gasteiger partial charge in [-0.2, -0.15) is 0 Å². The number of benzene rings is 2. The van der Waals surface area contributed by atoms with Crippen LogP contribution in [0.5, 0.6) is 11.5 Å². The number of anilines is 2. The molecule has 0 spiro atoms. The molecule has 0 unspecified atom stereocenters. The molecule has 1 fully saturated rings. The van der Waals surface area contributed by atoms with Crippen molar-refractivity contribution in [3.63, 3.8) is 0 Å². The molecule has 1 aliphatic heterocycles. The van der Waals surface area contributed by atoms with Crippen LogP contribution in [0.2, 0.25) is 0 Å². The summed E-state index contributed by atoms with van der Waals surface area (Å²) in [6, 6.07) is 15.6.